The van der Waals surface area contributed by atoms with Gasteiger partial charge in [0.1, 0.15) is 12.3 Å². The Morgan fingerprint density at radius 1 is 1.00 bits per heavy atom. The highest BCUT2D eigenvalue weighted by atomic mass is 16.3. The zero-order chi connectivity index (χ0) is 18.2. The number of aromatic hydroxyl groups is 1. The van der Waals surface area contributed by atoms with Gasteiger partial charge in [0.25, 0.3) is 0 Å². The highest BCUT2D eigenvalue weighted by Gasteiger charge is 2.05. The third kappa shape index (κ3) is 5.61. The van der Waals surface area contributed by atoms with E-state index in [-0.39, 0.29) is 5.75 Å². The van der Waals surface area contributed by atoms with E-state index in [0.29, 0.717) is 6.54 Å². The molecule has 0 unspecified atom stereocenters. The van der Waals surface area contributed by atoms with E-state index in [1.165, 1.54) is 16.0 Å². The van der Waals surface area contributed by atoms with Crippen molar-refractivity contribution in [2.24, 2.45) is 4.99 Å². The Kier molecular flexibility index (Phi) is 7.02. The van der Waals surface area contributed by atoms with Crippen LogP contribution in [0, 0.1) is 0 Å². The molecule has 2 rings (SSSR count). The summed E-state index contributed by atoms with van der Waals surface area (Å²) in [6, 6.07) is 14.3. The van der Waals surface area contributed by atoms with Crippen LogP contribution in [-0.4, -0.2) is 38.5 Å². The summed E-state index contributed by atoms with van der Waals surface area (Å²) in [7, 11) is 4.30. The van der Waals surface area contributed by atoms with E-state index in [1.54, 1.807) is 6.21 Å². The molecule has 2 N–H and O–H groups in total. The molecule has 4 heteroatoms. The number of aliphatic imine (C=N–C) groups is 1. The normalized spacial score (nSPS) is 11.4. The average Bonchev–Trinajstić information content (AvgIpc) is 2.59. The minimum Gasteiger partial charge on any atom is -0.507 e. The summed E-state index contributed by atoms with van der Waals surface area (Å²) >= 11 is 0. The number of phenols is 1. The van der Waals surface area contributed by atoms with Crippen molar-refractivity contribution in [2.75, 3.05) is 32.1 Å². The van der Waals surface area contributed by atoms with Crippen LogP contribution in [0.2, 0.25) is 0 Å². The predicted octanol–water partition coefficient (Wildman–Crippen LogP) is 2.50. The molecule has 0 heterocycles. The van der Waals surface area contributed by atoms with Gasteiger partial charge in [-0.05, 0) is 31.5 Å². The number of nitrogens with zero attached hydrogens (tertiary/aromatic N) is 2. The van der Waals surface area contributed by atoms with Gasteiger partial charge in [0.05, 0.1) is 20.6 Å². The fraction of sp³-hybridized carbons (Fsp3) is 0.381. The van der Waals surface area contributed by atoms with Crippen molar-refractivity contribution < 1.29 is 10.0 Å². The van der Waals surface area contributed by atoms with E-state index in [1.807, 2.05) is 18.2 Å². The van der Waals surface area contributed by atoms with Crippen LogP contribution in [0.3, 0.4) is 0 Å². The lowest BCUT2D eigenvalue weighted by atomic mass is 10.1. The molecule has 0 saturated carbocycles. The summed E-state index contributed by atoms with van der Waals surface area (Å²) in [5.41, 5.74) is 4.30. The van der Waals surface area contributed by atoms with E-state index in [9.17, 15) is 5.11 Å². The first-order valence-electron chi connectivity index (χ1n) is 8.98. The largest absolute Gasteiger partial charge is 0.507 e. The summed E-state index contributed by atoms with van der Waals surface area (Å²) in [5, 5.41) is 10.2. The fourth-order valence-electron chi connectivity index (χ4n) is 2.85. The van der Waals surface area contributed by atoms with Gasteiger partial charge in [0, 0.05) is 42.2 Å². The smallest absolute Gasteiger partial charge is 0.126 e. The average molecular weight is 340 g/mol. The van der Waals surface area contributed by atoms with Gasteiger partial charge in [-0.15, -0.1) is 0 Å². The van der Waals surface area contributed by atoms with Crippen LogP contribution in [0.5, 0.6) is 5.75 Å². The molecule has 0 fully saturated rings. The van der Waals surface area contributed by atoms with Gasteiger partial charge in [-0.2, -0.15) is 0 Å². The molecule has 134 valence electrons. The quantitative estimate of drug-likeness (QED) is 0.725. The summed E-state index contributed by atoms with van der Waals surface area (Å²) < 4.78 is 0. The number of phenolic OH excluding ortho intramolecular Hbond substituents is 1. The Hall–Kier alpha value is -2.33. The second-order valence-corrected chi connectivity index (χ2v) is 6.59. The van der Waals surface area contributed by atoms with Gasteiger partial charge < -0.3 is 14.9 Å². The predicted molar refractivity (Wildman–Crippen MR) is 106 cm³/mol. The molecule has 0 bridgehead atoms. The fourth-order valence-corrected chi connectivity index (χ4v) is 2.85. The SMILES string of the molecule is CCN(CC)c1ccc(C=NCc2ccc(C[NH+](C)C)cc2)c(O)c1. The number of quaternary nitrogens is 1. The number of anilines is 1. The van der Waals surface area contributed by atoms with Gasteiger partial charge in [-0.3, -0.25) is 4.99 Å². The Morgan fingerprint density at radius 3 is 2.20 bits per heavy atom. The molecule has 2 aromatic rings. The highest BCUT2D eigenvalue weighted by Crippen LogP contribution is 2.23. The summed E-state index contributed by atoms with van der Waals surface area (Å²) in [5.74, 6) is 0.275. The molecule has 0 saturated heterocycles. The van der Waals surface area contributed by atoms with Crippen molar-refractivity contribution in [3.8, 4) is 5.75 Å². The molecule has 0 aromatic heterocycles. The van der Waals surface area contributed by atoms with Gasteiger partial charge in [0.2, 0.25) is 0 Å². The Bertz CT molecular complexity index is 689. The minimum atomic E-state index is 0.275. The maximum Gasteiger partial charge on any atom is 0.126 e. The van der Waals surface area contributed by atoms with Crippen LogP contribution in [0.25, 0.3) is 0 Å². The molecule has 0 amide bonds. The van der Waals surface area contributed by atoms with Gasteiger partial charge >= 0.3 is 0 Å². The first-order valence-corrected chi connectivity index (χ1v) is 8.98. The molecule has 0 atom stereocenters. The standard InChI is InChI=1S/C21H29N3O/c1-5-24(6-2)20-12-11-19(21(25)13-20)15-22-14-17-7-9-18(10-8-17)16-23(3)4/h7-13,15,25H,5-6,14,16H2,1-4H3/p+1. The topological polar surface area (TPSA) is 40.3 Å². The number of hydrogen-bond donors (Lipinski definition) is 2. The van der Waals surface area contributed by atoms with Crippen molar-refractivity contribution in [1.82, 2.24) is 0 Å². The first-order chi connectivity index (χ1) is 12.0. The van der Waals surface area contributed by atoms with E-state index in [2.05, 4.69) is 62.1 Å². The first kappa shape index (κ1) is 19.0. The highest BCUT2D eigenvalue weighted by molar-refractivity contribution is 5.84. The van der Waals surface area contributed by atoms with Crippen molar-refractivity contribution in [3.05, 3.63) is 59.2 Å². The van der Waals surface area contributed by atoms with Gasteiger partial charge in [-0.25, -0.2) is 0 Å². The summed E-state index contributed by atoms with van der Waals surface area (Å²) in [4.78, 5) is 8.09. The molecular weight excluding hydrogens is 310 g/mol. The van der Waals surface area contributed by atoms with E-state index in [0.717, 1.165) is 30.9 Å². The molecular formula is C21H30N3O+. The molecule has 2 aromatic carbocycles. The van der Waals surface area contributed by atoms with Crippen molar-refractivity contribution in [1.29, 1.82) is 0 Å². The van der Waals surface area contributed by atoms with Gasteiger partial charge in [-0.1, -0.05) is 24.3 Å². The van der Waals surface area contributed by atoms with Gasteiger partial charge in [0.15, 0.2) is 0 Å². The number of benzene rings is 2. The number of rotatable bonds is 8. The minimum absolute atomic E-state index is 0.275. The second kappa shape index (κ2) is 9.23. The zero-order valence-corrected chi connectivity index (χ0v) is 15.8. The molecule has 25 heavy (non-hydrogen) atoms. The Labute approximate surface area is 151 Å². The van der Waals surface area contributed by atoms with Crippen LogP contribution < -0.4 is 9.80 Å². The van der Waals surface area contributed by atoms with E-state index < -0.39 is 0 Å². The third-order valence-electron chi connectivity index (χ3n) is 4.23. The monoisotopic (exact) mass is 340 g/mol. The third-order valence-corrected chi connectivity index (χ3v) is 4.23. The van der Waals surface area contributed by atoms with Crippen molar-refractivity contribution in [3.63, 3.8) is 0 Å². The van der Waals surface area contributed by atoms with Crippen LogP contribution in [0.1, 0.15) is 30.5 Å². The summed E-state index contributed by atoms with van der Waals surface area (Å²) in [6.07, 6.45) is 1.75. The molecule has 0 spiro atoms. The number of nitrogens with one attached hydrogen (secondary N) is 1. The lowest BCUT2D eigenvalue weighted by molar-refractivity contribution is -0.872. The zero-order valence-electron chi connectivity index (χ0n) is 15.8. The van der Waals surface area contributed by atoms with Crippen LogP contribution in [-0.2, 0) is 13.1 Å². The van der Waals surface area contributed by atoms with E-state index in [4.69, 9.17) is 0 Å². The van der Waals surface area contributed by atoms with Crippen molar-refractivity contribution in [2.45, 2.75) is 26.9 Å². The molecule has 0 aliphatic heterocycles. The maximum absolute atomic E-state index is 10.2. The van der Waals surface area contributed by atoms with Crippen LogP contribution in [0.4, 0.5) is 5.69 Å². The second-order valence-electron chi connectivity index (χ2n) is 6.59. The number of hydrogen-bond acceptors (Lipinski definition) is 3. The lowest BCUT2D eigenvalue weighted by Gasteiger charge is -2.21. The Balaban J connectivity index is 1.99. The van der Waals surface area contributed by atoms with Crippen LogP contribution in [0.15, 0.2) is 47.5 Å². The van der Waals surface area contributed by atoms with E-state index >= 15 is 0 Å². The molecule has 0 radical (unpaired) electrons. The molecule has 0 aliphatic rings. The molecule has 0 aliphatic carbocycles. The summed E-state index contributed by atoms with van der Waals surface area (Å²) in [6.45, 7) is 7.72. The van der Waals surface area contributed by atoms with Crippen LogP contribution >= 0.6 is 0 Å². The lowest BCUT2D eigenvalue weighted by Crippen LogP contribution is -3.04. The molecule has 4 nitrogen and oxygen atoms in total. The Morgan fingerprint density at radius 2 is 1.64 bits per heavy atom. The van der Waals surface area contributed by atoms with Crippen molar-refractivity contribution >= 4 is 11.9 Å². The maximum atomic E-state index is 10.2.